The van der Waals surface area contributed by atoms with Gasteiger partial charge in [0.1, 0.15) is 6.29 Å². The third kappa shape index (κ3) is 4.09. The largest absolute Gasteiger partial charge is 0.337 e. The molecule has 0 N–H and O–H groups in total. The molecule has 0 saturated carbocycles. The highest BCUT2D eigenvalue weighted by Gasteiger charge is 2.25. The number of rotatable bonds is 5. The summed E-state index contributed by atoms with van der Waals surface area (Å²) < 4.78 is 0. The van der Waals surface area contributed by atoms with E-state index in [-0.39, 0.29) is 23.9 Å². The van der Waals surface area contributed by atoms with Gasteiger partial charge in [0.15, 0.2) is 0 Å². The molecule has 0 radical (unpaired) electrons. The molecule has 1 fully saturated rings. The molecule has 0 unspecified atom stereocenters. The van der Waals surface area contributed by atoms with Gasteiger partial charge in [0, 0.05) is 18.0 Å². The molecule has 0 aromatic rings. The van der Waals surface area contributed by atoms with Crippen LogP contribution < -0.4 is 0 Å². The van der Waals surface area contributed by atoms with Gasteiger partial charge in [-0.2, -0.15) is 0 Å². The van der Waals surface area contributed by atoms with Crippen LogP contribution in [0.15, 0.2) is 0 Å². The summed E-state index contributed by atoms with van der Waals surface area (Å²) in [5.41, 5.74) is 0. The van der Waals surface area contributed by atoms with E-state index < -0.39 is 0 Å². The van der Waals surface area contributed by atoms with E-state index in [4.69, 9.17) is 0 Å². The molecule has 1 aliphatic rings. The molecule has 0 aliphatic carbocycles. The number of likely N-dealkylation sites (tertiary alicyclic amines) is 1. The van der Waals surface area contributed by atoms with Crippen molar-refractivity contribution in [1.82, 2.24) is 9.80 Å². The lowest BCUT2D eigenvalue weighted by molar-refractivity contribution is -0.136. The second-order valence-electron chi connectivity index (χ2n) is 5.74. The summed E-state index contributed by atoms with van der Waals surface area (Å²) in [7, 11) is 0. The zero-order valence-electron chi connectivity index (χ0n) is 12.1. The van der Waals surface area contributed by atoms with Crippen LogP contribution in [0.2, 0.25) is 0 Å². The van der Waals surface area contributed by atoms with E-state index >= 15 is 0 Å². The van der Waals surface area contributed by atoms with Crippen molar-refractivity contribution >= 4 is 12.2 Å². The first-order chi connectivity index (χ1) is 8.45. The molecule has 1 rings (SSSR count). The van der Waals surface area contributed by atoms with Gasteiger partial charge in [-0.05, 0) is 53.6 Å². The smallest absolute Gasteiger partial charge is 0.237 e. The molecule has 18 heavy (non-hydrogen) atoms. The van der Waals surface area contributed by atoms with Crippen LogP contribution >= 0.6 is 0 Å². The van der Waals surface area contributed by atoms with E-state index in [1.165, 1.54) is 0 Å². The van der Waals surface area contributed by atoms with Gasteiger partial charge < -0.3 is 9.69 Å². The van der Waals surface area contributed by atoms with Gasteiger partial charge in [0.25, 0.3) is 0 Å². The molecular weight excluding hydrogens is 228 g/mol. The Morgan fingerprint density at radius 1 is 1.22 bits per heavy atom. The molecule has 1 saturated heterocycles. The first-order valence-corrected chi connectivity index (χ1v) is 6.94. The number of piperidine rings is 1. The van der Waals surface area contributed by atoms with Crippen LogP contribution in [0.3, 0.4) is 0 Å². The molecule has 4 heteroatoms. The Morgan fingerprint density at radius 2 is 1.72 bits per heavy atom. The Morgan fingerprint density at radius 3 is 2.11 bits per heavy atom. The molecule has 1 aliphatic heterocycles. The normalized spacial score (nSPS) is 18.3. The predicted molar refractivity (Wildman–Crippen MR) is 72.3 cm³/mol. The molecule has 0 aromatic carbocycles. The first kappa shape index (κ1) is 15.2. The van der Waals surface area contributed by atoms with Gasteiger partial charge in [-0.1, -0.05) is 0 Å². The lowest BCUT2D eigenvalue weighted by Gasteiger charge is -2.35. The fourth-order valence-corrected chi connectivity index (χ4v) is 2.69. The standard InChI is InChI=1S/C14H26N2O2/c1-11(2)16(12(3)4)14(18)9-15-7-5-13(10-17)6-8-15/h10-13H,5-9H2,1-4H3. The van der Waals surface area contributed by atoms with Crippen molar-refractivity contribution in [2.45, 2.75) is 52.6 Å². The van der Waals surface area contributed by atoms with Crippen molar-refractivity contribution in [2.24, 2.45) is 5.92 Å². The van der Waals surface area contributed by atoms with Crippen LogP contribution in [0.1, 0.15) is 40.5 Å². The van der Waals surface area contributed by atoms with Gasteiger partial charge in [0.05, 0.1) is 6.54 Å². The molecule has 4 nitrogen and oxygen atoms in total. The van der Waals surface area contributed by atoms with Crippen molar-refractivity contribution in [2.75, 3.05) is 19.6 Å². The zero-order valence-corrected chi connectivity index (χ0v) is 12.1. The summed E-state index contributed by atoms with van der Waals surface area (Å²) in [6, 6.07) is 0.482. The molecule has 0 atom stereocenters. The van der Waals surface area contributed by atoms with Crippen LogP contribution in [0.25, 0.3) is 0 Å². The SMILES string of the molecule is CC(C)N(C(=O)CN1CCC(C=O)CC1)C(C)C. The van der Waals surface area contributed by atoms with E-state index in [2.05, 4.69) is 32.6 Å². The molecule has 1 heterocycles. The van der Waals surface area contributed by atoms with Gasteiger partial charge in [-0.25, -0.2) is 0 Å². The van der Waals surface area contributed by atoms with Crippen molar-refractivity contribution < 1.29 is 9.59 Å². The molecule has 104 valence electrons. The number of aldehydes is 1. The quantitative estimate of drug-likeness (QED) is 0.699. The van der Waals surface area contributed by atoms with E-state index in [0.29, 0.717) is 6.54 Å². The van der Waals surface area contributed by atoms with E-state index in [1.807, 2.05) is 4.90 Å². The predicted octanol–water partition coefficient (Wildman–Crippen LogP) is 1.54. The highest BCUT2D eigenvalue weighted by Crippen LogP contribution is 2.15. The summed E-state index contributed by atoms with van der Waals surface area (Å²) in [4.78, 5) is 27.0. The number of hydrogen-bond donors (Lipinski definition) is 0. The Balaban J connectivity index is 2.47. The average molecular weight is 254 g/mol. The first-order valence-electron chi connectivity index (χ1n) is 6.94. The Bertz CT molecular complexity index is 274. The van der Waals surface area contributed by atoms with Crippen LogP contribution in [0.4, 0.5) is 0 Å². The number of hydrogen-bond acceptors (Lipinski definition) is 3. The maximum absolute atomic E-state index is 12.3. The van der Waals surface area contributed by atoms with Gasteiger partial charge in [-0.15, -0.1) is 0 Å². The minimum Gasteiger partial charge on any atom is -0.337 e. The van der Waals surface area contributed by atoms with Crippen LogP contribution in [-0.4, -0.2) is 53.7 Å². The van der Waals surface area contributed by atoms with Crippen LogP contribution in [-0.2, 0) is 9.59 Å². The second kappa shape index (κ2) is 6.88. The van der Waals surface area contributed by atoms with Crippen molar-refractivity contribution in [3.05, 3.63) is 0 Å². The molecule has 0 bridgehead atoms. The number of amides is 1. The highest BCUT2D eigenvalue weighted by atomic mass is 16.2. The molecular formula is C14H26N2O2. The lowest BCUT2D eigenvalue weighted by atomic mass is 9.98. The minimum atomic E-state index is 0.197. The van der Waals surface area contributed by atoms with Crippen molar-refractivity contribution in [1.29, 1.82) is 0 Å². The third-order valence-corrected chi connectivity index (χ3v) is 3.58. The summed E-state index contributed by atoms with van der Waals surface area (Å²) in [6.07, 6.45) is 2.83. The highest BCUT2D eigenvalue weighted by molar-refractivity contribution is 5.78. The van der Waals surface area contributed by atoms with Crippen molar-refractivity contribution in [3.8, 4) is 0 Å². The molecule has 1 amide bonds. The lowest BCUT2D eigenvalue weighted by Crippen LogP contribution is -2.48. The fraction of sp³-hybridized carbons (Fsp3) is 0.857. The topological polar surface area (TPSA) is 40.6 Å². The summed E-state index contributed by atoms with van der Waals surface area (Å²) in [6.45, 7) is 10.4. The average Bonchev–Trinajstić information content (AvgIpc) is 2.28. The second-order valence-corrected chi connectivity index (χ2v) is 5.74. The Hall–Kier alpha value is -0.900. The van der Waals surface area contributed by atoms with Gasteiger partial charge >= 0.3 is 0 Å². The molecule has 0 spiro atoms. The maximum atomic E-state index is 12.3. The fourth-order valence-electron chi connectivity index (χ4n) is 2.69. The zero-order chi connectivity index (χ0) is 13.7. The number of carbonyl (C=O) groups is 2. The van der Waals surface area contributed by atoms with E-state index in [9.17, 15) is 9.59 Å². The summed E-state index contributed by atoms with van der Waals surface area (Å²) >= 11 is 0. The van der Waals surface area contributed by atoms with Gasteiger partial charge in [0.2, 0.25) is 5.91 Å². The monoisotopic (exact) mass is 254 g/mol. The molecule has 0 aromatic heterocycles. The summed E-state index contributed by atoms with van der Waals surface area (Å²) in [5, 5.41) is 0. The summed E-state index contributed by atoms with van der Waals surface area (Å²) in [5.74, 6) is 0.396. The van der Waals surface area contributed by atoms with Crippen LogP contribution in [0, 0.1) is 5.92 Å². The van der Waals surface area contributed by atoms with Gasteiger partial charge in [-0.3, -0.25) is 9.69 Å². The van der Waals surface area contributed by atoms with E-state index in [1.54, 1.807) is 0 Å². The van der Waals surface area contributed by atoms with Crippen molar-refractivity contribution in [3.63, 3.8) is 0 Å². The van der Waals surface area contributed by atoms with Crippen LogP contribution in [0.5, 0.6) is 0 Å². The van der Waals surface area contributed by atoms with E-state index in [0.717, 1.165) is 32.2 Å². The maximum Gasteiger partial charge on any atom is 0.237 e. The minimum absolute atomic E-state index is 0.197. The number of nitrogens with zero attached hydrogens (tertiary/aromatic N) is 2. The third-order valence-electron chi connectivity index (χ3n) is 3.58. The Labute approximate surface area is 110 Å². The number of carbonyl (C=O) groups excluding carboxylic acids is 2. The Kier molecular flexibility index (Phi) is 5.79.